The van der Waals surface area contributed by atoms with Gasteiger partial charge in [0.25, 0.3) is 5.91 Å². The molecule has 0 aliphatic carbocycles. The van der Waals surface area contributed by atoms with Crippen LogP contribution in [0.15, 0.2) is 42.5 Å². The fourth-order valence-corrected chi connectivity index (χ4v) is 2.27. The molecule has 1 amide bonds. The van der Waals surface area contributed by atoms with Crippen molar-refractivity contribution >= 4 is 11.6 Å². The molecule has 2 aromatic carbocycles. The topological polar surface area (TPSA) is 54.9 Å². The second-order valence-corrected chi connectivity index (χ2v) is 5.38. The minimum atomic E-state index is -0.886. The van der Waals surface area contributed by atoms with E-state index >= 15 is 0 Å². The molecule has 128 valence electrons. The molecular formula is C18H21F2N2O2+. The lowest BCUT2D eigenvalue weighted by molar-refractivity contribution is -0.682. The van der Waals surface area contributed by atoms with Crippen molar-refractivity contribution in [3.05, 3.63) is 59.7 Å². The first-order valence-corrected chi connectivity index (χ1v) is 7.81. The molecule has 0 aliphatic rings. The van der Waals surface area contributed by atoms with Gasteiger partial charge in [-0.3, -0.25) is 4.79 Å². The zero-order valence-electron chi connectivity index (χ0n) is 13.7. The number of amides is 1. The third-order valence-electron chi connectivity index (χ3n) is 3.59. The van der Waals surface area contributed by atoms with Crippen LogP contribution in [-0.2, 0) is 4.79 Å². The molecule has 0 saturated heterocycles. The van der Waals surface area contributed by atoms with E-state index in [4.69, 9.17) is 4.74 Å². The Balaban J connectivity index is 1.92. The number of carbonyl (C=O) groups excluding carboxylic acids is 1. The Kier molecular flexibility index (Phi) is 6.26. The van der Waals surface area contributed by atoms with Crippen LogP contribution in [0.4, 0.5) is 14.5 Å². The van der Waals surface area contributed by atoms with Crippen LogP contribution in [0.2, 0.25) is 0 Å². The Morgan fingerprint density at radius 2 is 1.96 bits per heavy atom. The number of anilines is 1. The van der Waals surface area contributed by atoms with Crippen molar-refractivity contribution in [1.82, 2.24) is 0 Å². The second kappa shape index (κ2) is 8.40. The second-order valence-electron chi connectivity index (χ2n) is 5.38. The SMILES string of the molecule is CCOc1ccccc1NC(=O)C[NH2+][C@H](C)c1ccc(F)c(F)c1. The fourth-order valence-electron chi connectivity index (χ4n) is 2.27. The maximum absolute atomic E-state index is 13.3. The van der Waals surface area contributed by atoms with Crippen molar-refractivity contribution in [3.63, 3.8) is 0 Å². The molecule has 24 heavy (non-hydrogen) atoms. The van der Waals surface area contributed by atoms with Crippen LogP contribution in [0.25, 0.3) is 0 Å². The van der Waals surface area contributed by atoms with Crippen molar-refractivity contribution < 1.29 is 23.6 Å². The molecule has 0 bridgehead atoms. The number of rotatable bonds is 7. The van der Waals surface area contributed by atoms with Crippen LogP contribution >= 0.6 is 0 Å². The van der Waals surface area contributed by atoms with E-state index in [1.165, 1.54) is 6.07 Å². The van der Waals surface area contributed by atoms with Gasteiger partial charge >= 0.3 is 0 Å². The Bertz CT molecular complexity index is 707. The molecule has 2 rings (SSSR count). The standard InChI is InChI=1S/C18H20F2N2O2/c1-3-24-17-7-5-4-6-16(17)22-18(23)11-21-12(2)13-8-9-14(19)15(20)10-13/h4-10,12,21H,3,11H2,1-2H3,(H,22,23)/p+1/t12-/m1/s1. The van der Waals surface area contributed by atoms with E-state index in [2.05, 4.69) is 5.32 Å². The van der Waals surface area contributed by atoms with Gasteiger partial charge in [0.15, 0.2) is 18.2 Å². The van der Waals surface area contributed by atoms with Gasteiger partial charge in [-0.25, -0.2) is 8.78 Å². The van der Waals surface area contributed by atoms with Gasteiger partial charge in [0.05, 0.1) is 12.3 Å². The maximum atomic E-state index is 13.3. The fraction of sp³-hybridized carbons (Fsp3) is 0.278. The zero-order chi connectivity index (χ0) is 17.5. The Morgan fingerprint density at radius 1 is 1.21 bits per heavy atom. The average molecular weight is 335 g/mol. The smallest absolute Gasteiger partial charge is 0.279 e. The number of ether oxygens (including phenoxy) is 1. The van der Waals surface area contributed by atoms with Crippen molar-refractivity contribution in [2.24, 2.45) is 0 Å². The molecule has 0 radical (unpaired) electrons. The van der Waals surface area contributed by atoms with E-state index in [0.717, 1.165) is 12.1 Å². The van der Waals surface area contributed by atoms with E-state index in [9.17, 15) is 13.6 Å². The van der Waals surface area contributed by atoms with Gasteiger partial charge in [-0.1, -0.05) is 12.1 Å². The molecule has 1 atom stereocenters. The summed E-state index contributed by atoms with van der Waals surface area (Å²) in [6.45, 7) is 4.36. The van der Waals surface area contributed by atoms with E-state index in [1.54, 1.807) is 17.4 Å². The minimum absolute atomic E-state index is 0.153. The molecule has 0 saturated carbocycles. The Hall–Kier alpha value is -2.47. The van der Waals surface area contributed by atoms with Gasteiger partial charge in [0.2, 0.25) is 0 Å². The first-order chi connectivity index (χ1) is 11.5. The van der Waals surface area contributed by atoms with E-state index in [1.807, 2.05) is 26.0 Å². The van der Waals surface area contributed by atoms with E-state index in [-0.39, 0.29) is 18.5 Å². The summed E-state index contributed by atoms with van der Waals surface area (Å²) in [5.74, 6) is -1.35. The van der Waals surface area contributed by atoms with Gasteiger partial charge in [-0.2, -0.15) is 0 Å². The number of quaternary nitrogens is 1. The van der Waals surface area contributed by atoms with E-state index < -0.39 is 11.6 Å². The third-order valence-corrected chi connectivity index (χ3v) is 3.59. The van der Waals surface area contributed by atoms with Gasteiger partial charge in [0, 0.05) is 5.56 Å². The van der Waals surface area contributed by atoms with Crippen LogP contribution < -0.4 is 15.4 Å². The highest BCUT2D eigenvalue weighted by atomic mass is 19.2. The lowest BCUT2D eigenvalue weighted by atomic mass is 10.1. The van der Waals surface area contributed by atoms with Crippen molar-refractivity contribution in [3.8, 4) is 5.75 Å². The van der Waals surface area contributed by atoms with E-state index in [0.29, 0.717) is 23.6 Å². The molecule has 0 aromatic heterocycles. The summed E-state index contributed by atoms with van der Waals surface area (Å²) in [7, 11) is 0. The van der Waals surface area contributed by atoms with Crippen molar-refractivity contribution in [1.29, 1.82) is 0 Å². The van der Waals surface area contributed by atoms with Crippen molar-refractivity contribution in [2.75, 3.05) is 18.5 Å². The summed E-state index contributed by atoms with van der Waals surface area (Å²) < 4.78 is 31.7. The van der Waals surface area contributed by atoms with Crippen LogP contribution in [0, 0.1) is 11.6 Å². The molecule has 6 heteroatoms. The third kappa shape index (κ3) is 4.76. The van der Waals surface area contributed by atoms with Crippen LogP contribution in [0.1, 0.15) is 25.5 Å². The zero-order valence-corrected chi connectivity index (χ0v) is 13.7. The van der Waals surface area contributed by atoms with Crippen LogP contribution in [0.3, 0.4) is 0 Å². The lowest BCUT2D eigenvalue weighted by Gasteiger charge is -2.13. The largest absolute Gasteiger partial charge is 0.492 e. The number of para-hydroxylation sites is 2. The highest BCUT2D eigenvalue weighted by molar-refractivity contribution is 5.92. The Labute approximate surface area is 139 Å². The van der Waals surface area contributed by atoms with Gasteiger partial charge in [-0.15, -0.1) is 0 Å². The van der Waals surface area contributed by atoms with Gasteiger partial charge in [0.1, 0.15) is 11.8 Å². The maximum Gasteiger partial charge on any atom is 0.279 e. The number of nitrogens with two attached hydrogens (primary N) is 1. The number of benzene rings is 2. The summed E-state index contributed by atoms with van der Waals surface area (Å²) in [6.07, 6.45) is 0. The highest BCUT2D eigenvalue weighted by Crippen LogP contribution is 2.23. The summed E-state index contributed by atoms with van der Waals surface area (Å²) in [4.78, 5) is 12.1. The number of hydrogen-bond donors (Lipinski definition) is 2. The first-order valence-electron chi connectivity index (χ1n) is 7.81. The minimum Gasteiger partial charge on any atom is -0.492 e. The molecule has 4 nitrogen and oxygen atoms in total. The highest BCUT2D eigenvalue weighted by Gasteiger charge is 2.14. The number of halogens is 2. The predicted octanol–water partition coefficient (Wildman–Crippen LogP) is 2.63. The average Bonchev–Trinajstić information content (AvgIpc) is 2.57. The molecule has 0 heterocycles. The van der Waals surface area contributed by atoms with Gasteiger partial charge < -0.3 is 15.4 Å². The molecular weight excluding hydrogens is 314 g/mol. The summed E-state index contributed by atoms with van der Waals surface area (Å²) >= 11 is 0. The number of hydrogen-bond acceptors (Lipinski definition) is 2. The molecule has 0 fully saturated rings. The molecule has 0 spiro atoms. The Morgan fingerprint density at radius 3 is 2.67 bits per heavy atom. The van der Waals surface area contributed by atoms with Crippen molar-refractivity contribution in [2.45, 2.75) is 19.9 Å². The quantitative estimate of drug-likeness (QED) is 0.817. The summed E-state index contributed by atoms with van der Waals surface area (Å²) in [5, 5.41) is 4.55. The molecule has 0 unspecified atom stereocenters. The molecule has 0 aliphatic heterocycles. The lowest BCUT2D eigenvalue weighted by Crippen LogP contribution is -2.86. The normalized spacial score (nSPS) is 11.8. The first kappa shape index (κ1) is 17.9. The summed E-state index contributed by atoms with van der Waals surface area (Å²) in [5.41, 5.74) is 1.23. The van der Waals surface area contributed by atoms with Gasteiger partial charge in [-0.05, 0) is 44.2 Å². The summed E-state index contributed by atoms with van der Waals surface area (Å²) in [6, 6.07) is 10.8. The monoisotopic (exact) mass is 335 g/mol. The molecule has 3 N–H and O–H groups in total. The van der Waals surface area contributed by atoms with Crippen LogP contribution in [-0.4, -0.2) is 19.1 Å². The van der Waals surface area contributed by atoms with Crippen LogP contribution in [0.5, 0.6) is 5.75 Å². The number of carbonyl (C=O) groups is 1. The number of nitrogens with one attached hydrogen (secondary N) is 1. The molecule has 2 aromatic rings. The predicted molar refractivity (Wildman–Crippen MR) is 87.8 cm³/mol.